The molecule has 3 nitrogen and oxygen atoms in total. The molecule has 0 aliphatic heterocycles. The number of aromatic nitrogens is 1. The first-order valence-electron chi connectivity index (χ1n) is 6.06. The molecule has 0 bridgehead atoms. The van der Waals surface area contributed by atoms with E-state index in [2.05, 4.69) is 24.3 Å². The quantitative estimate of drug-likeness (QED) is 0.826. The van der Waals surface area contributed by atoms with Crippen LogP contribution in [0, 0.1) is 5.92 Å². The van der Waals surface area contributed by atoms with Crippen molar-refractivity contribution in [2.24, 2.45) is 5.92 Å². The Morgan fingerprint density at radius 3 is 3.07 bits per heavy atom. The van der Waals surface area contributed by atoms with E-state index in [-0.39, 0.29) is 0 Å². The molecule has 1 aliphatic carbocycles. The topological polar surface area (TPSA) is 38.1 Å². The lowest BCUT2D eigenvalue weighted by Crippen LogP contribution is -2.13. The van der Waals surface area contributed by atoms with Crippen LogP contribution in [0.5, 0.6) is 0 Å². The third-order valence-corrected chi connectivity index (χ3v) is 3.27. The van der Waals surface area contributed by atoms with Crippen molar-refractivity contribution in [3.63, 3.8) is 0 Å². The smallest absolute Gasteiger partial charge is 0.172 e. The molecule has 1 aromatic heterocycles. The summed E-state index contributed by atoms with van der Waals surface area (Å²) in [7, 11) is 0. The first-order chi connectivity index (χ1) is 7.35. The zero-order valence-electron chi connectivity index (χ0n) is 9.68. The van der Waals surface area contributed by atoms with Gasteiger partial charge in [-0.2, -0.15) is 0 Å². The Bertz CT molecular complexity index is 306. The van der Waals surface area contributed by atoms with Crippen LogP contribution in [0.2, 0.25) is 0 Å². The minimum absolute atomic E-state index is 0.796. The van der Waals surface area contributed by atoms with Gasteiger partial charge in [-0.05, 0) is 25.2 Å². The molecule has 1 unspecified atom stereocenters. The predicted molar refractivity (Wildman–Crippen MR) is 61.1 cm³/mol. The van der Waals surface area contributed by atoms with Gasteiger partial charge in [0.05, 0.1) is 0 Å². The Morgan fingerprint density at radius 1 is 1.47 bits per heavy atom. The van der Waals surface area contributed by atoms with E-state index in [1.165, 1.54) is 18.4 Å². The van der Waals surface area contributed by atoms with Crippen LogP contribution in [-0.2, 0) is 12.8 Å². The van der Waals surface area contributed by atoms with Gasteiger partial charge in [0.15, 0.2) is 5.82 Å². The predicted octanol–water partition coefficient (Wildman–Crippen LogP) is 3.01. The van der Waals surface area contributed by atoms with E-state index in [9.17, 15) is 0 Å². The number of nitrogens with one attached hydrogen (secondary N) is 1. The van der Waals surface area contributed by atoms with Crippen LogP contribution in [-0.4, -0.2) is 11.7 Å². The summed E-state index contributed by atoms with van der Waals surface area (Å²) in [5, 5.41) is 7.45. The zero-order valence-corrected chi connectivity index (χ0v) is 9.68. The summed E-state index contributed by atoms with van der Waals surface area (Å²) in [4.78, 5) is 0. The number of anilines is 1. The molecular formula is C12H20N2O. The van der Waals surface area contributed by atoms with Gasteiger partial charge in [0.25, 0.3) is 0 Å². The molecule has 0 radical (unpaired) electrons. The maximum Gasteiger partial charge on any atom is 0.172 e. The van der Waals surface area contributed by atoms with E-state index in [0.29, 0.717) is 0 Å². The van der Waals surface area contributed by atoms with Crippen molar-refractivity contribution in [3.8, 4) is 0 Å². The van der Waals surface area contributed by atoms with Crippen LogP contribution in [0.1, 0.15) is 44.4 Å². The lowest BCUT2D eigenvalue weighted by molar-refractivity contribution is 0.333. The Hall–Kier alpha value is -0.990. The molecule has 1 heterocycles. The summed E-state index contributed by atoms with van der Waals surface area (Å²) in [6.45, 7) is 5.39. The highest BCUT2D eigenvalue weighted by molar-refractivity contribution is 5.46. The molecule has 2 rings (SSSR count). The van der Waals surface area contributed by atoms with Crippen LogP contribution in [0.3, 0.4) is 0 Å². The molecule has 0 amide bonds. The number of hydrogen-bond acceptors (Lipinski definition) is 3. The highest BCUT2D eigenvalue weighted by atomic mass is 16.5. The Kier molecular flexibility index (Phi) is 3.29. The van der Waals surface area contributed by atoms with E-state index >= 15 is 0 Å². The van der Waals surface area contributed by atoms with Gasteiger partial charge in [-0.1, -0.05) is 25.4 Å². The molecule has 1 aromatic rings. The van der Waals surface area contributed by atoms with Crippen molar-refractivity contribution >= 4 is 5.82 Å². The van der Waals surface area contributed by atoms with Gasteiger partial charge in [0.2, 0.25) is 0 Å². The first-order valence-corrected chi connectivity index (χ1v) is 6.06. The fraction of sp³-hybridized carbons (Fsp3) is 0.750. The molecular weight excluding hydrogens is 188 g/mol. The minimum atomic E-state index is 0.796. The van der Waals surface area contributed by atoms with Gasteiger partial charge in [-0.15, -0.1) is 0 Å². The standard InChI is InChI=1S/C12H20N2O/c1-3-7-13-12-10-6-5-9(4-2)8-11(10)15-14-12/h9H,3-8H2,1-2H3,(H,13,14). The lowest BCUT2D eigenvalue weighted by Gasteiger charge is -2.18. The van der Waals surface area contributed by atoms with Gasteiger partial charge < -0.3 is 9.84 Å². The number of rotatable bonds is 4. The molecule has 1 aliphatic rings. The molecule has 0 fully saturated rings. The Morgan fingerprint density at radius 2 is 2.33 bits per heavy atom. The second-order valence-electron chi connectivity index (χ2n) is 4.38. The number of nitrogens with zero attached hydrogens (tertiary/aromatic N) is 1. The zero-order chi connectivity index (χ0) is 10.7. The normalized spacial score (nSPS) is 20.0. The van der Waals surface area contributed by atoms with Gasteiger partial charge in [-0.3, -0.25) is 0 Å². The van der Waals surface area contributed by atoms with E-state index in [4.69, 9.17) is 4.52 Å². The van der Waals surface area contributed by atoms with Crippen LogP contribution in [0.4, 0.5) is 5.82 Å². The monoisotopic (exact) mass is 208 g/mol. The molecule has 84 valence electrons. The largest absolute Gasteiger partial charge is 0.367 e. The maximum atomic E-state index is 5.40. The molecule has 0 spiro atoms. The first kappa shape index (κ1) is 10.5. The summed E-state index contributed by atoms with van der Waals surface area (Å²) in [6, 6.07) is 0. The molecule has 0 saturated heterocycles. The fourth-order valence-corrected chi connectivity index (χ4v) is 2.20. The average Bonchev–Trinajstić information content (AvgIpc) is 2.68. The van der Waals surface area contributed by atoms with E-state index in [1.807, 2.05) is 0 Å². The summed E-state index contributed by atoms with van der Waals surface area (Å²) in [5.41, 5.74) is 1.33. The van der Waals surface area contributed by atoms with Gasteiger partial charge in [-0.25, -0.2) is 0 Å². The summed E-state index contributed by atoms with van der Waals surface area (Å²) in [5.74, 6) is 2.90. The maximum absolute atomic E-state index is 5.40. The third-order valence-electron chi connectivity index (χ3n) is 3.27. The second kappa shape index (κ2) is 4.69. The van der Waals surface area contributed by atoms with Gasteiger partial charge in [0, 0.05) is 18.5 Å². The average molecular weight is 208 g/mol. The van der Waals surface area contributed by atoms with Crippen LogP contribution in [0.25, 0.3) is 0 Å². The fourth-order valence-electron chi connectivity index (χ4n) is 2.20. The number of fused-ring (bicyclic) bond motifs is 1. The van der Waals surface area contributed by atoms with Gasteiger partial charge in [0.1, 0.15) is 5.76 Å². The minimum Gasteiger partial charge on any atom is -0.367 e. The van der Waals surface area contributed by atoms with Crippen molar-refractivity contribution in [2.45, 2.75) is 46.0 Å². The number of hydrogen-bond donors (Lipinski definition) is 1. The van der Waals surface area contributed by atoms with Crippen LogP contribution >= 0.6 is 0 Å². The third kappa shape index (κ3) is 2.16. The molecule has 0 aromatic carbocycles. The highest BCUT2D eigenvalue weighted by Gasteiger charge is 2.24. The van der Waals surface area contributed by atoms with Crippen molar-refractivity contribution in [1.82, 2.24) is 5.16 Å². The van der Waals surface area contributed by atoms with E-state index in [1.54, 1.807) is 0 Å². The highest BCUT2D eigenvalue weighted by Crippen LogP contribution is 2.31. The Balaban J connectivity index is 2.08. The Labute approximate surface area is 91.2 Å². The van der Waals surface area contributed by atoms with E-state index < -0.39 is 0 Å². The molecule has 0 saturated carbocycles. The van der Waals surface area contributed by atoms with Crippen molar-refractivity contribution in [3.05, 3.63) is 11.3 Å². The second-order valence-corrected chi connectivity index (χ2v) is 4.38. The van der Waals surface area contributed by atoms with Crippen LogP contribution in [0.15, 0.2) is 4.52 Å². The van der Waals surface area contributed by atoms with Crippen molar-refractivity contribution in [1.29, 1.82) is 0 Å². The molecule has 1 atom stereocenters. The van der Waals surface area contributed by atoms with Crippen molar-refractivity contribution in [2.75, 3.05) is 11.9 Å². The van der Waals surface area contributed by atoms with E-state index in [0.717, 1.165) is 43.3 Å². The molecule has 15 heavy (non-hydrogen) atoms. The summed E-state index contributed by atoms with van der Waals surface area (Å²) in [6.07, 6.45) is 5.86. The molecule has 3 heteroatoms. The lowest BCUT2D eigenvalue weighted by atomic mass is 9.86. The summed E-state index contributed by atoms with van der Waals surface area (Å²) < 4.78 is 5.40. The van der Waals surface area contributed by atoms with Gasteiger partial charge >= 0.3 is 0 Å². The van der Waals surface area contributed by atoms with Crippen molar-refractivity contribution < 1.29 is 4.52 Å². The summed E-state index contributed by atoms with van der Waals surface area (Å²) >= 11 is 0. The van der Waals surface area contributed by atoms with Crippen LogP contribution < -0.4 is 5.32 Å². The molecule has 1 N–H and O–H groups in total. The SMILES string of the molecule is CCCNc1noc2c1CCC(CC)C2.